The van der Waals surface area contributed by atoms with Crippen molar-refractivity contribution in [2.45, 2.75) is 6.92 Å². The molecule has 0 radical (unpaired) electrons. The fourth-order valence-corrected chi connectivity index (χ4v) is 2.52. The average molecular weight is 215 g/mol. The summed E-state index contributed by atoms with van der Waals surface area (Å²) in [6, 6.07) is 8.62. The fraction of sp³-hybridized carbons (Fsp3) is 0.385. The molecule has 0 atom stereocenters. The number of anilines is 1. The Bertz CT molecular complexity index is 495. The first-order valence-corrected chi connectivity index (χ1v) is 5.88. The Morgan fingerprint density at radius 3 is 2.81 bits per heavy atom. The van der Waals surface area contributed by atoms with E-state index in [1.165, 1.54) is 16.9 Å². The summed E-state index contributed by atoms with van der Waals surface area (Å²) < 4.78 is 2.29. The molecule has 0 bridgehead atoms. The van der Waals surface area contributed by atoms with E-state index in [1.54, 1.807) is 0 Å². The molecule has 84 valence electrons. The molecule has 0 aromatic carbocycles. The van der Waals surface area contributed by atoms with Crippen LogP contribution < -0.4 is 10.2 Å². The largest absolute Gasteiger partial charge is 0.355 e. The van der Waals surface area contributed by atoms with Crippen LogP contribution >= 0.6 is 0 Å². The molecular formula is C13H17N3. The lowest BCUT2D eigenvalue weighted by atomic mass is 10.3. The van der Waals surface area contributed by atoms with Crippen LogP contribution in [0.4, 0.5) is 5.82 Å². The third kappa shape index (κ3) is 1.48. The maximum Gasteiger partial charge on any atom is 0.116 e. The Labute approximate surface area is 95.7 Å². The first kappa shape index (κ1) is 9.73. The van der Waals surface area contributed by atoms with Crippen molar-refractivity contribution < 1.29 is 0 Å². The second kappa shape index (κ2) is 3.83. The van der Waals surface area contributed by atoms with Crippen molar-refractivity contribution in [3.63, 3.8) is 0 Å². The molecule has 1 fully saturated rings. The van der Waals surface area contributed by atoms with Gasteiger partial charge in [0.2, 0.25) is 0 Å². The van der Waals surface area contributed by atoms with E-state index >= 15 is 0 Å². The number of nitrogens with one attached hydrogen (secondary N) is 1. The third-order valence-electron chi connectivity index (χ3n) is 3.25. The summed E-state index contributed by atoms with van der Waals surface area (Å²) in [6.45, 7) is 6.56. The molecule has 3 heteroatoms. The smallest absolute Gasteiger partial charge is 0.116 e. The highest BCUT2D eigenvalue weighted by Crippen LogP contribution is 2.24. The number of rotatable bonds is 1. The summed E-state index contributed by atoms with van der Waals surface area (Å²) >= 11 is 0. The number of nitrogens with zero attached hydrogens (tertiary/aromatic N) is 2. The zero-order chi connectivity index (χ0) is 11.0. The SMILES string of the molecule is Cc1cc2ccccn2c1N1CCNCC1. The number of pyridine rings is 1. The van der Waals surface area contributed by atoms with Crippen LogP contribution in [0.1, 0.15) is 5.56 Å². The Morgan fingerprint density at radius 2 is 2.00 bits per heavy atom. The first-order chi connectivity index (χ1) is 7.86. The molecule has 2 aromatic rings. The van der Waals surface area contributed by atoms with Crippen LogP contribution in [0.3, 0.4) is 0 Å². The maximum absolute atomic E-state index is 3.39. The van der Waals surface area contributed by atoms with Gasteiger partial charge in [-0.15, -0.1) is 0 Å². The minimum atomic E-state index is 1.08. The lowest BCUT2D eigenvalue weighted by Crippen LogP contribution is -2.44. The summed E-state index contributed by atoms with van der Waals surface area (Å²) in [4.78, 5) is 2.47. The van der Waals surface area contributed by atoms with Crippen LogP contribution in [0.25, 0.3) is 5.52 Å². The molecule has 1 aliphatic heterocycles. The molecule has 1 N–H and O–H groups in total. The summed E-state index contributed by atoms with van der Waals surface area (Å²) in [6.07, 6.45) is 2.15. The lowest BCUT2D eigenvalue weighted by Gasteiger charge is -2.29. The van der Waals surface area contributed by atoms with E-state index < -0.39 is 0 Å². The minimum absolute atomic E-state index is 1.08. The molecule has 1 aliphatic rings. The normalized spacial score (nSPS) is 16.9. The van der Waals surface area contributed by atoms with Crippen LogP contribution in [0, 0.1) is 6.92 Å². The van der Waals surface area contributed by atoms with Crippen molar-refractivity contribution in [1.82, 2.24) is 9.72 Å². The van der Waals surface area contributed by atoms with Gasteiger partial charge in [-0.1, -0.05) is 6.07 Å². The quantitative estimate of drug-likeness (QED) is 0.780. The topological polar surface area (TPSA) is 19.7 Å². The standard InChI is InChI=1S/C13H17N3/c1-11-10-12-4-2-3-7-16(12)13(11)15-8-5-14-6-9-15/h2-4,7,10,14H,5-6,8-9H2,1H3. The molecular weight excluding hydrogens is 198 g/mol. The fourth-order valence-electron chi connectivity index (χ4n) is 2.52. The Hall–Kier alpha value is -1.48. The number of aryl methyl sites for hydroxylation is 1. The summed E-state index contributed by atoms with van der Waals surface area (Å²) in [5.74, 6) is 1.36. The van der Waals surface area contributed by atoms with Gasteiger partial charge in [-0.25, -0.2) is 0 Å². The van der Waals surface area contributed by atoms with Crippen LogP contribution in [0.2, 0.25) is 0 Å². The lowest BCUT2D eigenvalue weighted by molar-refractivity contribution is 0.583. The van der Waals surface area contributed by atoms with Crippen molar-refractivity contribution >= 4 is 11.3 Å². The molecule has 1 saturated heterocycles. The van der Waals surface area contributed by atoms with Crippen LogP contribution in [0.15, 0.2) is 30.5 Å². The zero-order valence-corrected chi connectivity index (χ0v) is 9.61. The van der Waals surface area contributed by atoms with E-state index in [9.17, 15) is 0 Å². The molecule has 2 aromatic heterocycles. The van der Waals surface area contributed by atoms with E-state index in [-0.39, 0.29) is 0 Å². The van der Waals surface area contributed by atoms with Gasteiger partial charge in [0.25, 0.3) is 0 Å². The first-order valence-electron chi connectivity index (χ1n) is 5.88. The second-order valence-corrected chi connectivity index (χ2v) is 4.38. The van der Waals surface area contributed by atoms with Gasteiger partial charge in [0.1, 0.15) is 5.82 Å². The van der Waals surface area contributed by atoms with Gasteiger partial charge in [-0.3, -0.25) is 0 Å². The predicted molar refractivity (Wildman–Crippen MR) is 67.2 cm³/mol. The highest BCUT2D eigenvalue weighted by Gasteiger charge is 2.16. The number of aromatic nitrogens is 1. The Balaban J connectivity index is 2.10. The van der Waals surface area contributed by atoms with Gasteiger partial charge in [0, 0.05) is 37.9 Å². The maximum atomic E-state index is 3.39. The van der Waals surface area contributed by atoms with Gasteiger partial charge < -0.3 is 14.6 Å². The molecule has 3 heterocycles. The van der Waals surface area contributed by atoms with Crippen molar-refractivity contribution in [2.24, 2.45) is 0 Å². The minimum Gasteiger partial charge on any atom is -0.355 e. The molecule has 0 aliphatic carbocycles. The van der Waals surface area contributed by atoms with Gasteiger partial charge >= 0.3 is 0 Å². The molecule has 0 unspecified atom stereocenters. The van der Waals surface area contributed by atoms with Crippen molar-refractivity contribution in [1.29, 1.82) is 0 Å². The number of hydrogen-bond acceptors (Lipinski definition) is 2. The molecule has 0 spiro atoms. The van der Waals surface area contributed by atoms with Crippen molar-refractivity contribution in [3.05, 3.63) is 36.0 Å². The number of fused-ring (bicyclic) bond motifs is 1. The van der Waals surface area contributed by atoms with Gasteiger partial charge in [0.15, 0.2) is 0 Å². The Morgan fingerprint density at radius 1 is 1.19 bits per heavy atom. The highest BCUT2D eigenvalue weighted by atomic mass is 15.3. The van der Waals surface area contributed by atoms with E-state index in [0.717, 1.165) is 26.2 Å². The zero-order valence-electron chi connectivity index (χ0n) is 9.61. The number of piperazine rings is 1. The second-order valence-electron chi connectivity index (χ2n) is 4.38. The molecule has 16 heavy (non-hydrogen) atoms. The van der Waals surface area contributed by atoms with Gasteiger partial charge in [-0.2, -0.15) is 0 Å². The average Bonchev–Trinajstić information content (AvgIpc) is 2.66. The summed E-state index contributed by atoms with van der Waals surface area (Å²) in [5.41, 5.74) is 2.65. The van der Waals surface area contributed by atoms with E-state index in [1.807, 2.05) is 0 Å². The van der Waals surface area contributed by atoms with Gasteiger partial charge in [0.05, 0.1) is 0 Å². The summed E-state index contributed by atoms with van der Waals surface area (Å²) in [5, 5.41) is 3.39. The molecule has 0 saturated carbocycles. The molecule has 0 amide bonds. The van der Waals surface area contributed by atoms with E-state index in [0.29, 0.717) is 0 Å². The summed E-state index contributed by atoms with van der Waals surface area (Å²) in [7, 11) is 0. The van der Waals surface area contributed by atoms with E-state index in [2.05, 4.69) is 52.0 Å². The number of hydrogen-bond donors (Lipinski definition) is 1. The van der Waals surface area contributed by atoms with Crippen LogP contribution in [0.5, 0.6) is 0 Å². The highest BCUT2D eigenvalue weighted by molar-refractivity contribution is 5.64. The molecule has 3 rings (SSSR count). The Kier molecular flexibility index (Phi) is 2.33. The van der Waals surface area contributed by atoms with Crippen LogP contribution in [-0.4, -0.2) is 30.6 Å². The predicted octanol–water partition coefficient (Wildman–Crippen LogP) is 1.66. The van der Waals surface area contributed by atoms with Gasteiger partial charge in [-0.05, 0) is 30.7 Å². The third-order valence-corrected chi connectivity index (χ3v) is 3.25. The monoisotopic (exact) mass is 215 g/mol. The molecule has 3 nitrogen and oxygen atoms in total. The van der Waals surface area contributed by atoms with Crippen LogP contribution in [-0.2, 0) is 0 Å². The van der Waals surface area contributed by atoms with Crippen molar-refractivity contribution in [2.75, 3.05) is 31.1 Å². The van der Waals surface area contributed by atoms with E-state index in [4.69, 9.17) is 0 Å². The van der Waals surface area contributed by atoms with Crippen molar-refractivity contribution in [3.8, 4) is 0 Å².